The average Bonchev–Trinajstić information content (AvgIpc) is 3.37. The predicted molar refractivity (Wildman–Crippen MR) is 300 cm³/mol. The Bertz CT molecular complexity index is 1940. The minimum atomic E-state index is -1.97. The lowest BCUT2D eigenvalue weighted by Gasteiger charge is -2.30. The van der Waals surface area contributed by atoms with Gasteiger partial charge in [0.25, 0.3) is 0 Å². The first-order valence-electron chi connectivity index (χ1n) is 29.0. The molecule has 16 N–H and O–H groups in total. The number of hydrogen-bond donors (Lipinski definition) is 16. The number of nitrogens with one attached hydrogen (secondary N) is 9. The molecule has 0 aliphatic rings. The van der Waals surface area contributed by atoms with Crippen LogP contribution in [0.4, 0.5) is 0 Å². The molecule has 0 aliphatic heterocycles. The van der Waals surface area contributed by atoms with Crippen molar-refractivity contribution in [3.63, 3.8) is 0 Å². The molecule has 81 heavy (non-hydrogen) atoms. The van der Waals surface area contributed by atoms with Crippen LogP contribution in [0.15, 0.2) is 0 Å². The maximum absolute atomic E-state index is 13.8. The second kappa shape index (κ2) is 41.4. The fraction of sp³-hybridized carbons (Fsp3) is 0.818. The van der Waals surface area contributed by atoms with Crippen LogP contribution in [0.1, 0.15) is 198 Å². The molecule has 0 spiro atoms. The molecule has 0 aromatic heterocycles. The highest BCUT2D eigenvalue weighted by Gasteiger charge is 2.36. The molecule has 0 radical (unpaired) electrons. The molecule has 0 saturated heterocycles. The van der Waals surface area contributed by atoms with Gasteiger partial charge in [0.1, 0.15) is 54.6 Å². The van der Waals surface area contributed by atoms with Gasteiger partial charge < -0.3 is 78.3 Å². The summed E-state index contributed by atoms with van der Waals surface area (Å²) >= 11 is 0. The predicted octanol–water partition coefficient (Wildman–Crippen LogP) is 0.782. The van der Waals surface area contributed by atoms with Crippen LogP contribution in [0.3, 0.4) is 0 Å². The average molecular weight is 1160 g/mol. The number of amides is 8. The molecule has 0 saturated carbocycles. The van der Waals surface area contributed by atoms with Crippen molar-refractivity contribution in [2.45, 2.75) is 271 Å². The number of aliphatic carboxylic acids is 2. The number of carboxylic acid groups (broad SMARTS) is 2. The lowest BCUT2D eigenvalue weighted by Crippen LogP contribution is -2.61. The summed E-state index contributed by atoms with van der Waals surface area (Å²) in [5, 5.41) is 89.4. The SMILES string of the molecule is CCCCCCCCCCCCCCC[C@H](O)N[C@H](C(=O)N[C@H](C(=O)N[C@H](C(=O)N[C@@H](C)C(=O)N[C@@H](C)C(=O)N[C@@H](C)C(=O)N[C@@H](CCC(O)O)C(=O)N[C@@H](CCC(=O)O)C(=O)N[C@@H](CCC(O)O)C(=O)O)C(C)C)C(C)C)C(C)C. The lowest BCUT2D eigenvalue weighted by atomic mass is 9.97. The molecule has 8 amide bonds. The van der Waals surface area contributed by atoms with E-state index in [1.807, 2.05) is 13.8 Å². The Morgan fingerprint density at radius 2 is 0.654 bits per heavy atom. The van der Waals surface area contributed by atoms with Crippen molar-refractivity contribution in [1.29, 1.82) is 0 Å². The molecule has 26 heteroatoms. The van der Waals surface area contributed by atoms with Crippen LogP contribution in [-0.4, -0.2) is 168 Å². The number of aliphatic hydroxyl groups is 5. The van der Waals surface area contributed by atoms with Gasteiger partial charge in [0.05, 0.1) is 6.04 Å². The number of unbranched alkanes of at least 4 members (excludes halogenated alkanes) is 12. The van der Waals surface area contributed by atoms with Crippen molar-refractivity contribution in [1.82, 2.24) is 47.9 Å². The topological polar surface area (TPSA) is 421 Å². The van der Waals surface area contributed by atoms with E-state index in [9.17, 15) is 73.5 Å². The largest absolute Gasteiger partial charge is 0.481 e. The Morgan fingerprint density at radius 1 is 0.333 bits per heavy atom. The smallest absolute Gasteiger partial charge is 0.326 e. The van der Waals surface area contributed by atoms with E-state index in [0.717, 1.165) is 25.7 Å². The first-order valence-corrected chi connectivity index (χ1v) is 29.0. The summed E-state index contributed by atoms with van der Waals surface area (Å²) in [6, 6.07) is -12.2. The van der Waals surface area contributed by atoms with Gasteiger partial charge in [0.2, 0.25) is 47.3 Å². The van der Waals surface area contributed by atoms with Crippen molar-refractivity contribution >= 4 is 59.2 Å². The number of hydrogen-bond acceptors (Lipinski definition) is 16. The third-order valence-corrected chi connectivity index (χ3v) is 13.6. The number of carbonyl (C=O) groups excluding carboxylic acids is 8. The summed E-state index contributed by atoms with van der Waals surface area (Å²) < 4.78 is 0. The maximum Gasteiger partial charge on any atom is 0.326 e. The minimum Gasteiger partial charge on any atom is -0.481 e. The van der Waals surface area contributed by atoms with Gasteiger partial charge in [-0.25, -0.2) is 4.79 Å². The Morgan fingerprint density at radius 3 is 1.04 bits per heavy atom. The van der Waals surface area contributed by atoms with E-state index >= 15 is 0 Å². The molecular weight excluding hydrogens is 1060 g/mol. The molecule has 468 valence electrons. The quantitative estimate of drug-likeness (QED) is 0.0296. The van der Waals surface area contributed by atoms with Gasteiger partial charge >= 0.3 is 11.9 Å². The van der Waals surface area contributed by atoms with E-state index in [0.29, 0.717) is 6.42 Å². The van der Waals surface area contributed by atoms with Crippen LogP contribution in [0.25, 0.3) is 0 Å². The van der Waals surface area contributed by atoms with Crippen LogP contribution in [-0.2, 0) is 47.9 Å². The highest BCUT2D eigenvalue weighted by Crippen LogP contribution is 2.16. The van der Waals surface area contributed by atoms with E-state index < -0.39 is 183 Å². The van der Waals surface area contributed by atoms with Crippen LogP contribution in [0, 0.1) is 17.8 Å². The minimum absolute atomic E-state index is 0.255. The van der Waals surface area contributed by atoms with Gasteiger partial charge in [-0.2, -0.15) is 0 Å². The third kappa shape index (κ3) is 33.2. The van der Waals surface area contributed by atoms with E-state index in [4.69, 9.17) is 10.2 Å². The Balaban J connectivity index is 5.59. The van der Waals surface area contributed by atoms with Crippen molar-refractivity contribution in [2.24, 2.45) is 17.8 Å². The normalized spacial score (nSPS) is 15.3. The summed E-state index contributed by atoms with van der Waals surface area (Å²) in [5.74, 6) is -11.1. The summed E-state index contributed by atoms with van der Waals surface area (Å²) in [4.78, 5) is 131. The highest BCUT2D eigenvalue weighted by molar-refractivity contribution is 5.98. The summed E-state index contributed by atoms with van der Waals surface area (Å²) in [6.07, 6.45) is 8.00. The van der Waals surface area contributed by atoms with E-state index in [1.165, 1.54) is 78.6 Å². The lowest BCUT2D eigenvalue weighted by molar-refractivity contribution is -0.143. The highest BCUT2D eigenvalue weighted by atomic mass is 16.5. The van der Waals surface area contributed by atoms with Gasteiger partial charge in [-0.1, -0.05) is 126 Å². The maximum atomic E-state index is 13.8. The molecule has 0 rings (SSSR count). The fourth-order valence-corrected chi connectivity index (χ4v) is 8.49. The van der Waals surface area contributed by atoms with Crippen LogP contribution < -0.4 is 47.9 Å². The molecule has 0 aliphatic carbocycles. The molecule has 0 aromatic rings. The van der Waals surface area contributed by atoms with Crippen molar-refractivity contribution in [3.8, 4) is 0 Å². The fourth-order valence-electron chi connectivity index (χ4n) is 8.49. The van der Waals surface area contributed by atoms with Gasteiger partial charge in [0.15, 0.2) is 12.6 Å². The number of aliphatic hydroxyl groups excluding tert-OH is 3. The van der Waals surface area contributed by atoms with Gasteiger partial charge in [-0.05, 0) is 70.6 Å². The van der Waals surface area contributed by atoms with Crippen molar-refractivity contribution < 1.29 is 83.7 Å². The first-order chi connectivity index (χ1) is 37.9. The Kier molecular flexibility index (Phi) is 38.6. The van der Waals surface area contributed by atoms with Crippen molar-refractivity contribution in [2.75, 3.05) is 0 Å². The van der Waals surface area contributed by atoms with Gasteiger partial charge in [-0.3, -0.25) is 48.5 Å². The molecule has 0 bridgehead atoms. The second-order valence-electron chi connectivity index (χ2n) is 22.2. The summed E-state index contributed by atoms with van der Waals surface area (Å²) in [7, 11) is 0. The van der Waals surface area contributed by atoms with Gasteiger partial charge in [0, 0.05) is 19.3 Å². The van der Waals surface area contributed by atoms with Crippen LogP contribution in [0.5, 0.6) is 0 Å². The molecule has 0 fully saturated rings. The molecule has 0 aromatic carbocycles. The van der Waals surface area contributed by atoms with Crippen LogP contribution in [0.2, 0.25) is 0 Å². The van der Waals surface area contributed by atoms with Crippen molar-refractivity contribution in [3.05, 3.63) is 0 Å². The summed E-state index contributed by atoms with van der Waals surface area (Å²) in [6.45, 7) is 16.4. The standard InChI is InChI=1S/C55H101N9O17/c1-11-12-13-14-15-16-17-18-19-20-21-22-23-24-40(65)62-44(31(2)3)53(78)64-46(33(6)7)54(79)63-45(32(4)5)52(77)58-35(9)48(73)56-34(8)47(72)57-36(10)49(74)59-37(25-28-41(66)67)50(75)60-38(26-29-42(68)69)51(76)61-39(55(80)81)27-30-43(70)71/h31-41,43-46,62,65-67,70-71H,11-30H2,1-10H3,(H,56,73)(H,57,72)(H,58,77)(H,59,74)(H,60,75)(H,61,76)(H,63,79)(H,64,78)(H,68,69)(H,80,81)/t34-,35-,36-,37-,38-,39-,40-,44-,45-,46-/m0/s1. The molecule has 0 heterocycles. The number of rotatable bonds is 45. The first kappa shape index (κ1) is 75.5. The molecular formula is C55H101N9O17. The zero-order chi connectivity index (χ0) is 61.9. The Hall–Kier alpha value is -5.54. The van der Waals surface area contributed by atoms with Gasteiger partial charge in [-0.15, -0.1) is 0 Å². The monoisotopic (exact) mass is 1160 g/mol. The van der Waals surface area contributed by atoms with Crippen LogP contribution >= 0.6 is 0 Å². The van der Waals surface area contributed by atoms with E-state index in [1.54, 1.807) is 27.7 Å². The summed E-state index contributed by atoms with van der Waals surface area (Å²) in [5.41, 5.74) is 0. The zero-order valence-electron chi connectivity index (χ0n) is 49.5. The van der Waals surface area contributed by atoms with E-state index in [2.05, 4.69) is 54.8 Å². The third-order valence-electron chi connectivity index (χ3n) is 13.6. The zero-order valence-corrected chi connectivity index (χ0v) is 49.5. The number of carboxylic acids is 2. The molecule has 0 unspecified atom stereocenters. The number of carbonyl (C=O) groups is 10. The Labute approximate surface area is 478 Å². The molecule has 10 atom stereocenters. The molecule has 26 nitrogen and oxygen atoms in total. The second-order valence-corrected chi connectivity index (χ2v) is 22.2. The van der Waals surface area contributed by atoms with E-state index in [-0.39, 0.29) is 5.92 Å².